The highest BCUT2D eigenvalue weighted by molar-refractivity contribution is 5.85. The first kappa shape index (κ1) is 10.1. The quantitative estimate of drug-likeness (QED) is 0.453. The van der Waals surface area contributed by atoms with Crippen LogP contribution in [0.15, 0.2) is 5.10 Å². The summed E-state index contributed by atoms with van der Waals surface area (Å²) in [6.45, 7) is 4.09. The average Bonchev–Trinajstić information content (AvgIpc) is 2.01. The molecule has 0 aromatic heterocycles. The fourth-order valence-electron chi connectivity index (χ4n) is 0.486. The van der Waals surface area contributed by atoms with Crippen LogP contribution in [-0.2, 0) is 4.79 Å². The van der Waals surface area contributed by atoms with E-state index >= 15 is 0 Å². The summed E-state index contributed by atoms with van der Waals surface area (Å²) in [5.74, 6) is -0.0553. The Morgan fingerprint density at radius 1 is 1.64 bits per heavy atom. The van der Waals surface area contributed by atoms with E-state index in [9.17, 15) is 4.79 Å². The summed E-state index contributed by atoms with van der Waals surface area (Å²) in [6, 6.07) is 0. The van der Waals surface area contributed by atoms with Crippen LogP contribution in [0.4, 0.5) is 0 Å². The molecule has 3 N–H and O–H groups in total. The lowest BCUT2D eigenvalue weighted by molar-refractivity contribution is -0.121. The minimum absolute atomic E-state index is 0.0553. The monoisotopic (exact) mass is 157 g/mol. The van der Waals surface area contributed by atoms with Gasteiger partial charge >= 0.3 is 0 Å². The molecule has 0 radical (unpaired) electrons. The Hall–Kier alpha value is -0.900. The molecule has 0 saturated heterocycles. The van der Waals surface area contributed by atoms with Gasteiger partial charge in [-0.3, -0.25) is 4.79 Å². The molecule has 0 saturated carbocycles. The SMILES string of the molecule is CCCC(=O)N/N=C(\C)CN. The lowest BCUT2D eigenvalue weighted by atomic mass is 10.3. The molecule has 0 aliphatic carbocycles. The van der Waals surface area contributed by atoms with Gasteiger partial charge in [0.1, 0.15) is 0 Å². The maximum Gasteiger partial charge on any atom is 0.240 e. The molecule has 0 spiro atoms. The van der Waals surface area contributed by atoms with Crippen molar-refractivity contribution in [3.05, 3.63) is 0 Å². The molecule has 0 aliphatic rings. The third kappa shape index (κ3) is 5.54. The molecule has 0 atom stereocenters. The molecule has 0 heterocycles. The Morgan fingerprint density at radius 2 is 2.27 bits per heavy atom. The van der Waals surface area contributed by atoms with E-state index in [-0.39, 0.29) is 5.91 Å². The summed E-state index contributed by atoms with van der Waals surface area (Å²) < 4.78 is 0. The fraction of sp³-hybridized carbons (Fsp3) is 0.714. The summed E-state index contributed by atoms with van der Waals surface area (Å²) in [6.07, 6.45) is 1.35. The van der Waals surface area contributed by atoms with Gasteiger partial charge < -0.3 is 5.73 Å². The van der Waals surface area contributed by atoms with Crippen molar-refractivity contribution in [2.45, 2.75) is 26.7 Å². The zero-order valence-corrected chi connectivity index (χ0v) is 7.05. The highest BCUT2D eigenvalue weighted by Gasteiger charge is 1.95. The van der Waals surface area contributed by atoms with E-state index in [0.29, 0.717) is 13.0 Å². The molecule has 0 bridgehead atoms. The lowest BCUT2D eigenvalue weighted by Gasteiger charge is -1.97. The minimum Gasteiger partial charge on any atom is -0.325 e. The average molecular weight is 157 g/mol. The first-order valence-electron chi connectivity index (χ1n) is 3.72. The van der Waals surface area contributed by atoms with Crippen molar-refractivity contribution >= 4 is 11.6 Å². The van der Waals surface area contributed by atoms with Crippen LogP contribution in [-0.4, -0.2) is 18.2 Å². The van der Waals surface area contributed by atoms with Gasteiger partial charge in [0.2, 0.25) is 5.91 Å². The Labute approximate surface area is 66.8 Å². The molecular formula is C7H15N3O. The van der Waals surface area contributed by atoms with E-state index in [4.69, 9.17) is 5.73 Å². The maximum absolute atomic E-state index is 10.8. The third-order valence-corrected chi connectivity index (χ3v) is 1.14. The zero-order valence-electron chi connectivity index (χ0n) is 7.05. The Kier molecular flexibility index (Phi) is 5.37. The smallest absolute Gasteiger partial charge is 0.240 e. The predicted octanol–water partition coefficient (Wildman–Crippen LogP) is 0.237. The normalized spacial score (nSPS) is 11.4. The van der Waals surface area contributed by atoms with Gasteiger partial charge in [-0.25, -0.2) is 5.43 Å². The third-order valence-electron chi connectivity index (χ3n) is 1.14. The molecular weight excluding hydrogens is 142 g/mol. The first-order chi connectivity index (χ1) is 5.20. The van der Waals surface area contributed by atoms with Crippen molar-refractivity contribution in [2.24, 2.45) is 10.8 Å². The highest BCUT2D eigenvalue weighted by atomic mass is 16.2. The van der Waals surface area contributed by atoms with E-state index in [0.717, 1.165) is 12.1 Å². The number of hydrogen-bond donors (Lipinski definition) is 2. The molecule has 0 rings (SSSR count). The number of hydrazone groups is 1. The minimum atomic E-state index is -0.0553. The van der Waals surface area contributed by atoms with Crippen LogP contribution in [0, 0.1) is 0 Å². The number of rotatable bonds is 4. The molecule has 11 heavy (non-hydrogen) atoms. The number of carbonyl (C=O) groups excluding carboxylic acids is 1. The number of hydrogen-bond acceptors (Lipinski definition) is 3. The van der Waals surface area contributed by atoms with E-state index < -0.39 is 0 Å². The van der Waals surface area contributed by atoms with Gasteiger partial charge in [0.05, 0.1) is 0 Å². The van der Waals surface area contributed by atoms with Crippen LogP contribution in [0.1, 0.15) is 26.7 Å². The number of nitrogens with zero attached hydrogens (tertiary/aromatic N) is 1. The molecule has 64 valence electrons. The molecule has 4 heteroatoms. The van der Waals surface area contributed by atoms with Crippen LogP contribution < -0.4 is 11.2 Å². The molecule has 0 fully saturated rings. The van der Waals surface area contributed by atoms with Gasteiger partial charge in [-0.2, -0.15) is 5.10 Å². The van der Waals surface area contributed by atoms with Crippen molar-refractivity contribution in [1.82, 2.24) is 5.43 Å². The topological polar surface area (TPSA) is 67.5 Å². The van der Waals surface area contributed by atoms with E-state index in [2.05, 4.69) is 10.5 Å². The van der Waals surface area contributed by atoms with Crippen LogP contribution in [0.5, 0.6) is 0 Å². The van der Waals surface area contributed by atoms with E-state index in [1.807, 2.05) is 6.92 Å². The van der Waals surface area contributed by atoms with Crippen molar-refractivity contribution in [2.75, 3.05) is 6.54 Å². The van der Waals surface area contributed by atoms with Crippen molar-refractivity contribution in [3.63, 3.8) is 0 Å². The van der Waals surface area contributed by atoms with E-state index in [1.165, 1.54) is 0 Å². The van der Waals surface area contributed by atoms with Gasteiger partial charge in [-0.1, -0.05) is 6.92 Å². The van der Waals surface area contributed by atoms with Crippen LogP contribution in [0.2, 0.25) is 0 Å². The van der Waals surface area contributed by atoms with Gasteiger partial charge in [0, 0.05) is 18.7 Å². The maximum atomic E-state index is 10.8. The molecule has 0 aromatic rings. The van der Waals surface area contributed by atoms with Gasteiger partial charge in [0.15, 0.2) is 0 Å². The van der Waals surface area contributed by atoms with Crippen molar-refractivity contribution in [1.29, 1.82) is 0 Å². The Balaban J connectivity index is 3.60. The van der Waals surface area contributed by atoms with Crippen LogP contribution in [0.25, 0.3) is 0 Å². The van der Waals surface area contributed by atoms with Gasteiger partial charge in [-0.15, -0.1) is 0 Å². The number of amides is 1. The first-order valence-corrected chi connectivity index (χ1v) is 3.72. The summed E-state index contributed by atoms with van der Waals surface area (Å²) in [4.78, 5) is 10.8. The molecule has 0 aliphatic heterocycles. The molecule has 0 aromatic carbocycles. The lowest BCUT2D eigenvalue weighted by Crippen LogP contribution is -2.21. The van der Waals surface area contributed by atoms with Crippen molar-refractivity contribution < 1.29 is 4.79 Å². The second-order valence-electron chi connectivity index (χ2n) is 2.34. The zero-order chi connectivity index (χ0) is 8.69. The van der Waals surface area contributed by atoms with E-state index in [1.54, 1.807) is 6.92 Å². The van der Waals surface area contributed by atoms with Crippen molar-refractivity contribution in [3.8, 4) is 0 Å². The Morgan fingerprint density at radius 3 is 2.73 bits per heavy atom. The predicted molar refractivity (Wildman–Crippen MR) is 45.2 cm³/mol. The summed E-state index contributed by atoms with van der Waals surface area (Å²) in [5.41, 5.74) is 8.38. The van der Waals surface area contributed by atoms with Gasteiger partial charge in [0.25, 0.3) is 0 Å². The highest BCUT2D eigenvalue weighted by Crippen LogP contribution is 1.84. The van der Waals surface area contributed by atoms with Gasteiger partial charge in [-0.05, 0) is 13.3 Å². The summed E-state index contributed by atoms with van der Waals surface area (Å²) in [7, 11) is 0. The summed E-state index contributed by atoms with van der Waals surface area (Å²) in [5, 5.41) is 3.75. The number of nitrogens with one attached hydrogen (secondary N) is 1. The largest absolute Gasteiger partial charge is 0.325 e. The summed E-state index contributed by atoms with van der Waals surface area (Å²) >= 11 is 0. The fourth-order valence-corrected chi connectivity index (χ4v) is 0.486. The van der Waals surface area contributed by atoms with Crippen LogP contribution in [0.3, 0.4) is 0 Å². The molecule has 4 nitrogen and oxygen atoms in total. The number of nitrogens with two attached hydrogens (primary N) is 1. The second-order valence-corrected chi connectivity index (χ2v) is 2.34. The standard InChI is InChI=1S/C7H15N3O/c1-3-4-7(11)10-9-6(2)5-8/h3-5,8H2,1-2H3,(H,10,11)/b9-6+. The molecule has 0 unspecified atom stereocenters. The molecule has 1 amide bonds. The van der Waals surface area contributed by atoms with Crippen LogP contribution >= 0.6 is 0 Å². The second kappa shape index (κ2) is 5.85. The number of carbonyl (C=O) groups is 1. The Bertz CT molecular complexity index is 154.